The van der Waals surface area contributed by atoms with Crippen molar-refractivity contribution in [3.05, 3.63) is 29.8 Å². The molecule has 0 aliphatic carbocycles. The smallest absolute Gasteiger partial charge is 0.744 e. The maximum absolute atomic E-state index is 11.7. The van der Waals surface area contributed by atoms with E-state index in [0.29, 0.717) is 18.6 Å². The number of benzene rings is 1. The third kappa shape index (κ3) is 13.2. The first-order chi connectivity index (χ1) is 16.4. The van der Waals surface area contributed by atoms with E-state index in [4.69, 9.17) is 9.84 Å². The maximum Gasteiger partial charge on any atom is 1.00 e. The second-order valence-electron chi connectivity index (χ2n) is 6.11. The van der Waals surface area contributed by atoms with Gasteiger partial charge in [0.05, 0.1) is 30.5 Å². The molecule has 0 unspecified atom stereocenters. The van der Waals surface area contributed by atoms with Crippen LogP contribution in [0.5, 0.6) is 0 Å². The van der Waals surface area contributed by atoms with Crippen LogP contribution in [0.25, 0.3) is 6.08 Å². The molecule has 0 bridgehead atoms. The molecule has 18 heteroatoms. The third-order valence-corrected chi connectivity index (χ3v) is 5.03. The van der Waals surface area contributed by atoms with Crippen LogP contribution in [0.4, 0.5) is 23.5 Å². The van der Waals surface area contributed by atoms with Crippen molar-refractivity contribution in [1.29, 1.82) is 0 Å². The Balaban J connectivity index is 0.00000612. The molecule has 2 rings (SSSR count). The molecule has 1 heterocycles. The number of ether oxygens (including phenoxy) is 1. The van der Waals surface area contributed by atoms with Gasteiger partial charge in [0.25, 0.3) is 5.95 Å². The first-order valence-corrected chi connectivity index (χ1v) is 12.0. The van der Waals surface area contributed by atoms with Crippen LogP contribution in [0, 0.1) is 0 Å². The SMILES string of the molecule is CC=Cc1ccc(Nc2nc(/N=C\CSOO[O-])nc(NCCOCCO)n2)cc1S(=O)(=O)[O-].[Na+].[Na+]. The van der Waals surface area contributed by atoms with Crippen molar-refractivity contribution in [2.45, 2.75) is 11.8 Å². The molecule has 0 aliphatic heterocycles. The van der Waals surface area contributed by atoms with Crippen molar-refractivity contribution in [2.75, 3.05) is 42.8 Å². The predicted molar refractivity (Wildman–Crippen MR) is 121 cm³/mol. The average Bonchev–Trinajstić information content (AvgIpc) is 2.79. The molecule has 0 saturated heterocycles. The minimum absolute atomic E-state index is 0. The molecule has 0 radical (unpaired) electrons. The van der Waals surface area contributed by atoms with E-state index < -0.39 is 15.0 Å². The Kier molecular flexibility index (Phi) is 19.0. The number of aliphatic hydroxyl groups is 1. The molecule has 36 heavy (non-hydrogen) atoms. The Labute approximate surface area is 256 Å². The van der Waals surface area contributed by atoms with E-state index in [1.54, 1.807) is 19.1 Å². The summed E-state index contributed by atoms with van der Waals surface area (Å²) in [5.74, 6) is 0.292. The standard InChI is InChI=1S/C18H24N6O8S2.2Na/c1-2-3-13-4-5-14(12-15(13)34(27,28)29)21-18-23-16(19-6-9-30-10-8-25)22-17(24-18)20-7-11-33-32-31-26;;/h2-5,7,12,25-26H,6,8-11H2,1H3,(H,27,28,29)(H2,19,21,22,23,24);;/q;2*+1/p-2/b3-2?,20-7-;;. The molecular weight excluding hydrogens is 538 g/mol. The molecule has 0 spiro atoms. The van der Waals surface area contributed by atoms with Crippen molar-refractivity contribution in [1.82, 2.24) is 15.0 Å². The van der Waals surface area contributed by atoms with Gasteiger partial charge in [0, 0.05) is 30.5 Å². The van der Waals surface area contributed by atoms with Crippen LogP contribution in [0.1, 0.15) is 12.5 Å². The zero-order chi connectivity index (χ0) is 24.8. The maximum atomic E-state index is 11.7. The van der Waals surface area contributed by atoms with Crippen LogP contribution in [-0.2, 0) is 24.2 Å². The second kappa shape index (κ2) is 19.4. The van der Waals surface area contributed by atoms with Crippen LogP contribution in [0.15, 0.2) is 34.2 Å². The Bertz CT molecular complexity index is 1100. The first kappa shape index (κ1) is 35.3. The van der Waals surface area contributed by atoms with Gasteiger partial charge in [-0.2, -0.15) is 19.3 Å². The zero-order valence-electron chi connectivity index (χ0n) is 19.9. The van der Waals surface area contributed by atoms with E-state index in [1.165, 1.54) is 24.4 Å². The van der Waals surface area contributed by atoms with E-state index in [9.17, 15) is 18.2 Å². The summed E-state index contributed by atoms with van der Waals surface area (Å²) in [4.78, 5) is 16.1. The fourth-order valence-corrected chi connectivity index (χ4v) is 3.36. The number of aliphatic imine (C=N–C) groups is 1. The van der Waals surface area contributed by atoms with Crippen molar-refractivity contribution in [2.24, 2.45) is 4.99 Å². The summed E-state index contributed by atoms with van der Waals surface area (Å²) in [6, 6.07) is 4.21. The predicted octanol–water partition coefficient (Wildman–Crippen LogP) is -5.44. The molecule has 0 fully saturated rings. The molecule has 0 aliphatic rings. The number of hydrogen-bond donors (Lipinski definition) is 3. The number of anilines is 3. The van der Waals surface area contributed by atoms with Crippen LogP contribution in [0.2, 0.25) is 0 Å². The summed E-state index contributed by atoms with van der Waals surface area (Å²) in [7, 11) is -4.73. The van der Waals surface area contributed by atoms with Gasteiger partial charge in [0.15, 0.2) is 0 Å². The Morgan fingerprint density at radius 2 is 1.94 bits per heavy atom. The van der Waals surface area contributed by atoms with Gasteiger partial charge in [0.1, 0.15) is 10.1 Å². The molecule has 0 saturated carbocycles. The summed E-state index contributed by atoms with van der Waals surface area (Å²) in [5.41, 5.74) is 0.494. The third-order valence-electron chi connectivity index (χ3n) is 3.70. The molecule has 14 nitrogen and oxygen atoms in total. The number of hydrogen-bond acceptors (Lipinski definition) is 15. The van der Waals surface area contributed by atoms with Gasteiger partial charge in [-0.15, -0.1) is 0 Å². The minimum Gasteiger partial charge on any atom is -0.744 e. The van der Waals surface area contributed by atoms with Gasteiger partial charge in [-0.05, 0) is 24.6 Å². The topological polar surface area (TPSA) is 203 Å². The van der Waals surface area contributed by atoms with Crippen LogP contribution in [-0.4, -0.2) is 71.4 Å². The summed E-state index contributed by atoms with van der Waals surface area (Å²) >= 11 is 0.699. The number of nitrogens with zero attached hydrogens (tertiary/aromatic N) is 4. The Morgan fingerprint density at radius 1 is 1.19 bits per heavy atom. The summed E-state index contributed by atoms with van der Waals surface area (Å²) in [5, 5.41) is 27.5. The Morgan fingerprint density at radius 3 is 2.61 bits per heavy atom. The average molecular weight is 561 g/mol. The normalized spacial score (nSPS) is 11.3. The number of allylic oxidation sites excluding steroid dienone is 1. The van der Waals surface area contributed by atoms with Crippen molar-refractivity contribution >= 4 is 58.0 Å². The van der Waals surface area contributed by atoms with E-state index >= 15 is 0 Å². The van der Waals surface area contributed by atoms with Crippen LogP contribution >= 0.6 is 12.0 Å². The monoisotopic (exact) mass is 560 g/mol. The van der Waals surface area contributed by atoms with E-state index in [2.05, 4.69) is 39.9 Å². The minimum atomic E-state index is -4.73. The fraction of sp³-hybridized carbons (Fsp3) is 0.333. The number of rotatable bonds is 15. The second-order valence-corrected chi connectivity index (χ2v) is 8.16. The quantitative estimate of drug-likeness (QED) is 0.0354. The van der Waals surface area contributed by atoms with E-state index in [1.807, 2.05) is 0 Å². The number of aromatic nitrogens is 3. The van der Waals surface area contributed by atoms with Gasteiger partial charge in [-0.1, -0.05) is 18.2 Å². The van der Waals surface area contributed by atoms with Gasteiger partial charge >= 0.3 is 59.1 Å². The molecule has 1 aromatic heterocycles. The van der Waals surface area contributed by atoms with Gasteiger partial charge in [-0.25, -0.2) is 13.4 Å². The number of aliphatic hydroxyl groups excluding tert-OH is 1. The molecule has 0 amide bonds. The summed E-state index contributed by atoms with van der Waals surface area (Å²) < 4.78 is 44.3. The van der Waals surface area contributed by atoms with Crippen molar-refractivity contribution in [3.63, 3.8) is 0 Å². The van der Waals surface area contributed by atoms with Gasteiger partial charge in [-0.3, -0.25) is 5.04 Å². The first-order valence-electron chi connectivity index (χ1n) is 9.66. The summed E-state index contributed by atoms with van der Waals surface area (Å²) in [6.07, 6.45) is 4.48. The van der Waals surface area contributed by atoms with Gasteiger partial charge < -0.3 is 30.3 Å². The van der Waals surface area contributed by atoms with E-state index in [0.717, 1.165) is 0 Å². The largest absolute Gasteiger partial charge is 1.00 e. The Hall–Kier alpha value is -0.700. The number of nitrogens with one attached hydrogen (secondary N) is 2. The van der Waals surface area contributed by atoms with E-state index in [-0.39, 0.29) is 114 Å². The van der Waals surface area contributed by atoms with Crippen molar-refractivity contribution in [3.8, 4) is 0 Å². The molecule has 1 aromatic carbocycles. The van der Waals surface area contributed by atoms with Crippen molar-refractivity contribution < 1.29 is 96.6 Å². The zero-order valence-corrected chi connectivity index (χ0v) is 25.5. The molecule has 3 N–H and O–H groups in total. The summed E-state index contributed by atoms with van der Waals surface area (Å²) in [6.45, 7) is 2.36. The fourth-order valence-electron chi connectivity index (χ4n) is 2.43. The molecule has 0 atom stereocenters. The van der Waals surface area contributed by atoms with Crippen LogP contribution < -0.4 is 75.0 Å². The molecule has 2 aromatic rings. The molecule has 186 valence electrons. The molecular formula is C18H22N6Na2O8S2. The van der Waals surface area contributed by atoms with Crippen LogP contribution in [0.3, 0.4) is 0 Å². The van der Waals surface area contributed by atoms with Gasteiger partial charge in [0.2, 0.25) is 11.9 Å².